The van der Waals surface area contributed by atoms with Gasteiger partial charge in [-0.25, -0.2) is 4.68 Å². The molecule has 0 radical (unpaired) electrons. The largest absolute Gasteiger partial charge is 0.378 e. The number of carbonyl (C=O) groups excluding carboxylic acids is 1. The third-order valence-corrected chi connectivity index (χ3v) is 5.23. The number of nitrogens with zero attached hydrogens (tertiary/aromatic N) is 3. The number of carbonyl (C=O) groups is 1. The van der Waals surface area contributed by atoms with E-state index in [0.717, 1.165) is 28.7 Å². The summed E-state index contributed by atoms with van der Waals surface area (Å²) in [5.41, 5.74) is 4.84. The van der Waals surface area contributed by atoms with Crippen molar-refractivity contribution in [2.75, 3.05) is 25.5 Å². The molecule has 0 unspecified atom stereocenters. The zero-order valence-corrected chi connectivity index (χ0v) is 18.0. The van der Waals surface area contributed by atoms with Crippen molar-refractivity contribution in [1.29, 1.82) is 0 Å². The van der Waals surface area contributed by atoms with Crippen molar-refractivity contribution in [2.45, 2.75) is 19.8 Å². The van der Waals surface area contributed by atoms with Gasteiger partial charge in [-0.3, -0.25) is 4.79 Å². The van der Waals surface area contributed by atoms with E-state index in [-0.39, 0.29) is 5.91 Å². The van der Waals surface area contributed by atoms with Crippen molar-refractivity contribution in [2.24, 2.45) is 0 Å². The Bertz CT molecular complexity index is 930. The molecule has 0 saturated carbocycles. The third kappa shape index (κ3) is 4.81. The summed E-state index contributed by atoms with van der Waals surface area (Å²) in [6.07, 6.45) is 3.46. The molecule has 0 atom stereocenters. The molecule has 6 heteroatoms. The second kappa shape index (κ2) is 9.06. The van der Waals surface area contributed by atoms with E-state index in [1.807, 2.05) is 45.3 Å². The number of benzene rings is 2. The molecule has 3 rings (SSSR count). The van der Waals surface area contributed by atoms with Gasteiger partial charge in [-0.15, -0.1) is 0 Å². The molecule has 1 heterocycles. The van der Waals surface area contributed by atoms with Gasteiger partial charge in [0.2, 0.25) is 0 Å². The fourth-order valence-electron chi connectivity index (χ4n) is 3.03. The Morgan fingerprint density at radius 2 is 1.79 bits per heavy atom. The van der Waals surface area contributed by atoms with E-state index < -0.39 is 0 Å². The van der Waals surface area contributed by atoms with E-state index in [1.165, 1.54) is 11.3 Å². The van der Waals surface area contributed by atoms with Gasteiger partial charge in [0, 0.05) is 30.8 Å². The lowest BCUT2D eigenvalue weighted by Gasteiger charge is -2.12. The molecule has 3 aromatic rings. The lowest BCUT2D eigenvalue weighted by molar-refractivity contribution is 0.0952. The van der Waals surface area contributed by atoms with Crippen LogP contribution in [0.1, 0.15) is 28.0 Å². The second-order valence-corrected chi connectivity index (χ2v) is 7.87. The predicted octanol–water partition coefficient (Wildman–Crippen LogP) is 4.37. The minimum atomic E-state index is -0.0798. The molecule has 0 aliphatic heterocycles. The van der Waals surface area contributed by atoms with Gasteiger partial charge < -0.3 is 10.2 Å². The zero-order valence-electron chi connectivity index (χ0n) is 16.4. The molecule has 0 bridgehead atoms. The number of amides is 1. The maximum atomic E-state index is 12.5. The number of anilines is 1. The molecule has 0 aliphatic rings. The average molecular weight is 441 g/mol. The Balaban J connectivity index is 1.53. The van der Waals surface area contributed by atoms with Crippen molar-refractivity contribution < 1.29 is 4.79 Å². The molecule has 1 amide bonds. The fraction of sp³-hybridized carbons (Fsp3) is 0.273. The molecule has 0 spiro atoms. The first-order chi connectivity index (χ1) is 13.5. The number of aryl methyl sites for hydroxylation is 1. The Morgan fingerprint density at radius 3 is 2.43 bits per heavy atom. The molecule has 28 heavy (non-hydrogen) atoms. The lowest BCUT2D eigenvalue weighted by atomic mass is 10.1. The first kappa shape index (κ1) is 20.1. The molecule has 1 N–H and O–H groups in total. The zero-order chi connectivity index (χ0) is 20.1. The van der Waals surface area contributed by atoms with Gasteiger partial charge >= 0.3 is 0 Å². The number of halogens is 1. The van der Waals surface area contributed by atoms with Crippen LogP contribution in [0.5, 0.6) is 0 Å². The van der Waals surface area contributed by atoms with Crippen LogP contribution in [0.4, 0.5) is 5.69 Å². The van der Waals surface area contributed by atoms with Crippen LogP contribution < -0.4 is 10.2 Å². The molecule has 5 nitrogen and oxygen atoms in total. The summed E-state index contributed by atoms with van der Waals surface area (Å²) in [5, 5.41) is 7.38. The summed E-state index contributed by atoms with van der Waals surface area (Å²) in [7, 11) is 4.07. The first-order valence-corrected chi connectivity index (χ1v) is 10.1. The summed E-state index contributed by atoms with van der Waals surface area (Å²) < 4.78 is 2.79. The molecular formula is C22H25BrN4O. The van der Waals surface area contributed by atoms with Crippen molar-refractivity contribution in [3.8, 4) is 5.69 Å². The van der Waals surface area contributed by atoms with Crippen molar-refractivity contribution in [3.05, 3.63) is 76.0 Å². The number of nitrogens with one attached hydrogen (secondary N) is 1. The first-order valence-electron chi connectivity index (χ1n) is 9.31. The van der Waals surface area contributed by atoms with Gasteiger partial charge in [-0.05, 0) is 61.7 Å². The van der Waals surface area contributed by atoms with Gasteiger partial charge in [-0.1, -0.05) is 28.1 Å². The van der Waals surface area contributed by atoms with E-state index in [1.54, 1.807) is 10.9 Å². The normalized spacial score (nSPS) is 10.7. The van der Waals surface area contributed by atoms with Crippen LogP contribution >= 0.6 is 15.9 Å². The summed E-state index contributed by atoms with van der Waals surface area (Å²) in [5.74, 6) is -0.0798. The summed E-state index contributed by atoms with van der Waals surface area (Å²) >= 11 is 3.43. The lowest BCUT2D eigenvalue weighted by Crippen LogP contribution is -2.25. The molecule has 0 fully saturated rings. The van der Waals surface area contributed by atoms with Gasteiger partial charge in [0.1, 0.15) is 0 Å². The van der Waals surface area contributed by atoms with Gasteiger partial charge in [-0.2, -0.15) is 5.10 Å². The Hall–Kier alpha value is -2.60. The highest BCUT2D eigenvalue weighted by atomic mass is 79.9. The van der Waals surface area contributed by atoms with Crippen LogP contribution in [0.15, 0.2) is 59.2 Å². The standard InChI is InChI=1S/C22H25BrN4O/c1-16-21(15-25-27(16)20-12-8-18(23)9-13-20)22(28)24-14-4-5-17-6-10-19(11-7-17)26(2)3/h6-13,15H,4-5,14H2,1-3H3,(H,24,28). The van der Waals surface area contributed by atoms with Gasteiger partial charge in [0.15, 0.2) is 0 Å². The quantitative estimate of drug-likeness (QED) is 0.554. The monoisotopic (exact) mass is 440 g/mol. The molecule has 1 aromatic heterocycles. The summed E-state index contributed by atoms with van der Waals surface area (Å²) in [4.78, 5) is 14.6. The van der Waals surface area contributed by atoms with Crippen molar-refractivity contribution in [3.63, 3.8) is 0 Å². The van der Waals surface area contributed by atoms with E-state index in [0.29, 0.717) is 12.1 Å². The topological polar surface area (TPSA) is 50.2 Å². The van der Waals surface area contributed by atoms with Gasteiger partial charge in [0.25, 0.3) is 5.91 Å². The highest BCUT2D eigenvalue weighted by Crippen LogP contribution is 2.17. The van der Waals surface area contributed by atoms with Crippen LogP contribution in [0.2, 0.25) is 0 Å². The molecule has 146 valence electrons. The highest BCUT2D eigenvalue weighted by molar-refractivity contribution is 9.10. The Labute approximate surface area is 174 Å². The Kier molecular flexibility index (Phi) is 6.52. The average Bonchev–Trinajstić information content (AvgIpc) is 3.07. The van der Waals surface area contributed by atoms with Crippen molar-refractivity contribution in [1.82, 2.24) is 15.1 Å². The van der Waals surface area contributed by atoms with Crippen LogP contribution in [-0.2, 0) is 6.42 Å². The summed E-state index contributed by atoms with van der Waals surface area (Å²) in [6.45, 7) is 2.55. The van der Waals surface area contributed by atoms with E-state index >= 15 is 0 Å². The van der Waals surface area contributed by atoms with E-state index in [4.69, 9.17) is 0 Å². The Morgan fingerprint density at radius 1 is 1.11 bits per heavy atom. The van der Waals surface area contributed by atoms with Crippen LogP contribution in [0.3, 0.4) is 0 Å². The number of aromatic nitrogens is 2. The van der Waals surface area contributed by atoms with Crippen molar-refractivity contribution >= 4 is 27.5 Å². The number of rotatable bonds is 7. The smallest absolute Gasteiger partial charge is 0.254 e. The highest BCUT2D eigenvalue weighted by Gasteiger charge is 2.14. The molecular weight excluding hydrogens is 416 g/mol. The maximum absolute atomic E-state index is 12.5. The van der Waals surface area contributed by atoms with E-state index in [2.05, 4.69) is 55.5 Å². The summed E-state index contributed by atoms with van der Waals surface area (Å²) in [6, 6.07) is 16.4. The van der Waals surface area contributed by atoms with Gasteiger partial charge in [0.05, 0.1) is 23.1 Å². The van der Waals surface area contributed by atoms with Crippen LogP contribution in [0.25, 0.3) is 5.69 Å². The second-order valence-electron chi connectivity index (χ2n) is 6.95. The minimum Gasteiger partial charge on any atom is -0.378 e. The fourth-order valence-corrected chi connectivity index (χ4v) is 3.29. The number of hydrogen-bond donors (Lipinski definition) is 1. The SMILES string of the molecule is Cc1c(C(=O)NCCCc2ccc(N(C)C)cc2)cnn1-c1ccc(Br)cc1. The molecule has 2 aromatic carbocycles. The minimum absolute atomic E-state index is 0.0798. The maximum Gasteiger partial charge on any atom is 0.254 e. The predicted molar refractivity (Wildman–Crippen MR) is 117 cm³/mol. The number of hydrogen-bond acceptors (Lipinski definition) is 3. The third-order valence-electron chi connectivity index (χ3n) is 4.71. The molecule has 0 saturated heterocycles. The van der Waals surface area contributed by atoms with E-state index in [9.17, 15) is 4.79 Å². The van der Waals surface area contributed by atoms with Crippen LogP contribution in [-0.4, -0.2) is 36.3 Å². The molecule has 0 aliphatic carbocycles. The van der Waals surface area contributed by atoms with Crippen LogP contribution in [0, 0.1) is 6.92 Å².